The molecule has 1 rings (SSSR count). The van der Waals surface area contributed by atoms with Gasteiger partial charge in [0.05, 0.1) is 7.11 Å². The van der Waals surface area contributed by atoms with Crippen LogP contribution in [0.25, 0.3) is 0 Å². The molecular formula is C12H16O4. The molecule has 0 aromatic heterocycles. The summed E-state index contributed by atoms with van der Waals surface area (Å²) in [5, 5.41) is 8.54. The molecule has 1 aromatic carbocycles. The van der Waals surface area contributed by atoms with Crippen molar-refractivity contribution in [2.45, 2.75) is 19.4 Å². The molecule has 0 bridgehead atoms. The fourth-order valence-corrected chi connectivity index (χ4v) is 1.18. The van der Waals surface area contributed by atoms with Crippen LogP contribution in [-0.2, 0) is 16.1 Å². The molecule has 4 nitrogen and oxygen atoms in total. The number of carbonyl (C=O) groups excluding carboxylic acids is 1. The van der Waals surface area contributed by atoms with Gasteiger partial charge in [0.1, 0.15) is 12.4 Å². The molecule has 0 amide bonds. The average Bonchev–Trinajstić information content (AvgIpc) is 2.34. The molecule has 1 N–H and O–H groups in total. The van der Waals surface area contributed by atoms with E-state index in [4.69, 9.17) is 14.6 Å². The summed E-state index contributed by atoms with van der Waals surface area (Å²) in [7, 11) is 1.60. The van der Waals surface area contributed by atoms with E-state index in [1.54, 1.807) is 7.11 Å². The van der Waals surface area contributed by atoms with Crippen molar-refractivity contribution in [2.24, 2.45) is 0 Å². The molecule has 0 aliphatic carbocycles. The predicted octanol–water partition coefficient (Wildman–Crippen LogP) is 1.51. The van der Waals surface area contributed by atoms with Crippen LogP contribution in [0.1, 0.15) is 18.4 Å². The first-order valence-corrected chi connectivity index (χ1v) is 5.15. The van der Waals surface area contributed by atoms with Crippen molar-refractivity contribution < 1.29 is 19.4 Å². The van der Waals surface area contributed by atoms with Gasteiger partial charge in [-0.15, -0.1) is 0 Å². The molecule has 0 atom stereocenters. The highest BCUT2D eigenvalue weighted by Crippen LogP contribution is 2.12. The summed E-state index contributed by atoms with van der Waals surface area (Å²) in [6, 6.07) is 7.32. The van der Waals surface area contributed by atoms with Crippen LogP contribution < -0.4 is 4.74 Å². The Morgan fingerprint density at radius 3 is 2.56 bits per heavy atom. The van der Waals surface area contributed by atoms with Gasteiger partial charge in [-0.2, -0.15) is 0 Å². The number of rotatable bonds is 6. The summed E-state index contributed by atoms with van der Waals surface area (Å²) in [5.41, 5.74) is 0.915. The number of aliphatic hydroxyl groups excluding tert-OH is 1. The zero-order valence-electron chi connectivity index (χ0n) is 9.31. The van der Waals surface area contributed by atoms with E-state index in [-0.39, 0.29) is 25.6 Å². The lowest BCUT2D eigenvalue weighted by molar-refractivity contribution is -0.145. The van der Waals surface area contributed by atoms with Crippen molar-refractivity contribution in [3.63, 3.8) is 0 Å². The molecule has 0 fully saturated rings. The third-order valence-corrected chi connectivity index (χ3v) is 2.10. The summed E-state index contributed by atoms with van der Waals surface area (Å²) in [5.74, 6) is 0.486. The first-order chi connectivity index (χ1) is 7.76. The van der Waals surface area contributed by atoms with Gasteiger partial charge in [-0.1, -0.05) is 12.1 Å². The Kier molecular flexibility index (Phi) is 5.36. The zero-order valence-corrected chi connectivity index (χ0v) is 9.31. The quantitative estimate of drug-likeness (QED) is 0.744. The lowest BCUT2D eigenvalue weighted by Gasteiger charge is -2.05. The SMILES string of the molecule is COc1ccc(COC(=O)CCCO)cc1. The Bertz CT molecular complexity index is 318. The van der Waals surface area contributed by atoms with E-state index < -0.39 is 0 Å². The Labute approximate surface area is 94.8 Å². The number of esters is 1. The van der Waals surface area contributed by atoms with E-state index in [0.29, 0.717) is 6.42 Å². The molecule has 0 aliphatic rings. The molecule has 0 unspecified atom stereocenters. The minimum absolute atomic E-state index is 0.0115. The molecule has 1 aromatic rings. The Hall–Kier alpha value is -1.55. The van der Waals surface area contributed by atoms with Gasteiger partial charge in [0.2, 0.25) is 0 Å². The molecule has 0 radical (unpaired) electrons. The summed E-state index contributed by atoms with van der Waals surface area (Å²) < 4.78 is 10.0. The normalized spacial score (nSPS) is 9.88. The van der Waals surface area contributed by atoms with Crippen LogP contribution in [0.2, 0.25) is 0 Å². The molecule has 0 spiro atoms. The van der Waals surface area contributed by atoms with Crippen LogP contribution in [0.3, 0.4) is 0 Å². The van der Waals surface area contributed by atoms with Crippen molar-refractivity contribution in [2.75, 3.05) is 13.7 Å². The zero-order chi connectivity index (χ0) is 11.8. The highest BCUT2D eigenvalue weighted by molar-refractivity contribution is 5.69. The number of methoxy groups -OCH3 is 1. The molecule has 88 valence electrons. The molecule has 16 heavy (non-hydrogen) atoms. The molecule has 0 aliphatic heterocycles. The Balaban J connectivity index is 2.33. The van der Waals surface area contributed by atoms with Crippen LogP contribution in [0, 0.1) is 0 Å². The Morgan fingerprint density at radius 2 is 2.00 bits per heavy atom. The maximum Gasteiger partial charge on any atom is 0.306 e. The second kappa shape index (κ2) is 6.85. The summed E-state index contributed by atoms with van der Waals surface area (Å²) in [4.78, 5) is 11.1. The van der Waals surface area contributed by atoms with Crippen molar-refractivity contribution >= 4 is 5.97 Å². The number of hydrogen-bond acceptors (Lipinski definition) is 4. The van der Waals surface area contributed by atoms with E-state index in [1.807, 2.05) is 24.3 Å². The van der Waals surface area contributed by atoms with Crippen LogP contribution in [0.5, 0.6) is 5.75 Å². The van der Waals surface area contributed by atoms with Crippen LogP contribution >= 0.6 is 0 Å². The van der Waals surface area contributed by atoms with Crippen molar-refractivity contribution in [3.05, 3.63) is 29.8 Å². The lowest BCUT2D eigenvalue weighted by Crippen LogP contribution is -2.05. The second-order valence-electron chi connectivity index (χ2n) is 3.34. The monoisotopic (exact) mass is 224 g/mol. The number of ether oxygens (including phenoxy) is 2. The van der Waals surface area contributed by atoms with E-state index in [1.165, 1.54) is 0 Å². The number of aliphatic hydroxyl groups is 1. The van der Waals surface area contributed by atoms with Crippen LogP contribution in [0.4, 0.5) is 0 Å². The maximum atomic E-state index is 11.1. The summed E-state index contributed by atoms with van der Waals surface area (Å²) in [6.07, 6.45) is 0.702. The molecular weight excluding hydrogens is 208 g/mol. The molecule has 0 saturated heterocycles. The largest absolute Gasteiger partial charge is 0.497 e. The van der Waals surface area contributed by atoms with Gasteiger partial charge in [0, 0.05) is 13.0 Å². The fraction of sp³-hybridized carbons (Fsp3) is 0.417. The van der Waals surface area contributed by atoms with Gasteiger partial charge in [0.25, 0.3) is 0 Å². The Morgan fingerprint density at radius 1 is 1.31 bits per heavy atom. The summed E-state index contributed by atoms with van der Waals surface area (Å²) in [6.45, 7) is 0.270. The number of benzene rings is 1. The fourth-order valence-electron chi connectivity index (χ4n) is 1.18. The van der Waals surface area contributed by atoms with Crippen molar-refractivity contribution in [3.8, 4) is 5.75 Å². The second-order valence-corrected chi connectivity index (χ2v) is 3.34. The average molecular weight is 224 g/mol. The van der Waals surface area contributed by atoms with E-state index in [9.17, 15) is 4.79 Å². The van der Waals surface area contributed by atoms with Gasteiger partial charge in [-0.3, -0.25) is 4.79 Å². The van der Waals surface area contributed by atoms with E-state index >= 15 is 0 Å². The van der Waals surface area contributed by atoms with Gasteiger partial charge < -0.3 is 14.6 Å². The van der Waals surface area contributed by atoms with Gasteiger partial charge in [-0.25, -0.2) is 0 Å². The first-order valence-electron chi connectivity index (χ1n) is 5.15. The van der Waals surface area contributed by atoms with Gasteiger partial charge >= 0.3 is 5.97 Å². The maximum absolute atomic E-state index is 11.1. The lowest BCUT2D eigenvalue weighted by atomic mass is 10.2. The van der Waals surface area contributed by atoms with Crippen molar-refractivity contribution in [1.82, 2.24) is 0 Å². The van der Waals surface area contributed by atoms with Crippen LogP contribution in [-0.4, -0.2) is 24.8 Å². The first kappa shape index (κ1) is 12.5. The highest BCUT2D eigenvalue weighted by Gasteiger charge is 2.02. The molecule has 4 heteroatoms. The van der Waals surface area contributed by atoms with E-state index in [0.717, 1.165) is 11.3 Å². The third kappa shape index (κ3) is 4.31. The smallest absolute Gasteiger partial charge is 0.306 e. The van der Waals surface area contributed by atoms with E-state index in [2.05, 4.69) is 0 Å². The van der Waals surface area contributed by atoms with Crippen LogP contribution in [0.15, 0.2) is 24.3 Å². The molecule has 0 heterocycles. The topological polar surface area (TPSA) is 55.8 Å². The number of carbonyl (C=O) groups is 1. The van der Waals surface area contributed by atoms with Gasteiger partial charge in [-0.05, 0) is 24.1 Å². The van der Waals surface area contributed by atoms with Crippen molar-refractivity contribution in [1.29, 1.82) is 0 Å². The number of hydrogen-bond donors (Lipinski definition) is 1. The predicted molar refractivity (Wildman–Crippen MR) is 59.1 cm³/mol. The highest BCUT2D eigenvalue weighted by atomic mass is 16.5. The standard InChI is InChI=1S/C12H16O4/c1-15-11-6-4-10(5-7-11)9-16-12(14)3-2-8-13/h4-7,13H,2-3,8-9H2,1H3. The summed E-state index contributed by atoms with van der Waals surface area (Å²) >= 11 is 0. The van der Waals surface area contributed by atoms with Gasteiger partial charge in [0.15, 0.2) is 0 Å². The molecule has 0 saturated carbocycles. The third-order valence-electron chi connectivity index (χ3n) is 2.10. The minimum atomic E-state index is -0.287. The minimum Gasteiger partial charge on any atom is -0.497 e.